The fraction of sp³-hybridized carbons (Fsp3) is 0.273. The summed E-state index contributed by atoms with van der Waals surface area (Å²) in [5.41, 5.74) is 0.633. The van der Waals surface area contributed by atoms with Crippen molar-refractivity contribution in [2.45, 2.75) is 18.9 Å². The average molecular weight is 292 g/mol. The Bertz CT molecular complexity index is 543. The molecule has 0 saturated heterocycles. The molecule has 0 radical (unpaired) electrons. The number of halogens is 4. The van der Waals surface area contributed by atoms with Gasteiger partial charge in [0.15, 0.2) is 0 Å². The Balaban J connectivity index is 2.32. The Morgan fingerprint density at radius 3 is 2.72 bits per heavy atom. The molecule has 0 aliphatic heterocycles. The normalized spacial score (nSPS) is 11.2. The number of alkyl halides is 3. The van der Waals surface area contributed by atoms with E-state index in [-0.39, 0.29) is 23.8 Å². The summed E-state index contributed by atoms with van der Waals surface area (Å²) in [4.78, 5) is 0. The first-order valence-electron chi connectivity index (χ1n) is 5.12. The van der Waals surface area contributed by atoms with Gasteiger partial charge in [-0.25, -0.2) is 13.5 Å². The second-order valence-corrected chi connectivity index (χ2v) is 4.35. The fourth-order valence-corrected chi connectivity index (χ4v) is 2.02. The zero-order chi connectivity index (χ0) is 13.1. The van der Waals surface area contributed by atoms with Crippen LogP contribution >= 0.6 is 23.2 Å². The molecule has 0 aliphatic rings. The molecule has 3 nitrogen and oxygen atoms in total. The van der Waals surface area contributed by atoms with E-state index in [4.69, 9.17) is 23.2 Å². The van der Waals surface area contributed by atoms with E-state index in [1.807, 2.05) is 0 Å². The van der Waals surface area contributed by atoms with Crippen LogP contribution in [-0.4, -0.2) is 15.0 Å². The van der Waals surface area contributed by atoms with E-state index in [0.717, 1.165) is 10.2 Å². The summed E-state index contributed by atoms with van der Waals surface area (Å²) < 4.78 is 27.0. The molecule has 0 amide bonds. The van der Waals surface area contributed by atoms with E-state index < -0.39 is 6.43 Å². The van der Waals surface area contributed by atoms with Crippen molar-refractivity contribution in [1.29, 1.82) is 0 Å². The monoisotopic (exact) mass is 291 g/mol. The van der Waals surface area contributed by atoms with Gasteiger partial charge in [0.25, 0.3) is 6.43 Å². The first-order chi connectivity index (χ1) is 8.61. The molecular weight excluding hydrogens is 283 g/mol. The zero-order valence-corrected chi connectivity index (χ0v) is 10.7. The number of aromatic nitrogens is 3. The molecular formula is C11H9Cl2F2N3. The van der Waals surface area contributed by atoms with Gasteiger partial charge in [0.05, 0.1) is 12.4 Å². The molecule has 2 rings (SSSR count). The van der Waals surface area contributed by atoms with Gasteiger partial charge in [-0.05, 0) is 17.7 Å². The molecule has 0 spiro atoms. The molecule has 1 aromatic heterocycles. The largest absolute Gasteiger partial charge is 0.281 e. The van der Waals surface area contributed by atoms with Crippen molar-refractivity contribution in [3.8, 4) is 0 Å². The third kappa shape index (κ3) is 2.79. The maximum absolute atomic E-state index is 12.9. The van der Waals surface area contributed by atoms with Crippen LogP contribution in [0.1, 0.15) is 23.4 Å². The summed E-state index contributed by atoms with van der Waals surface area (Å²) in [6, 6.07) is 6.94. The molecule has 0 atom stereocenters. The number of rotatable bonds is 4. The standard InChI is InChI=1S/C11H9Cl2F2N3/c12-5-9-10(11(14)15)18(17-16-9)6-7-2-1-3-8(13)4-7/h1-4,11H,5-6H2. The summed E-state index contributed by atoms with van der Waals surface area (Å²) in [7, 11) is 0. The Morgan fingerprint density at radius 1 is 1.33 bits per heavy atom. The third-order valence-corrected chi connectivity index (χ3v) is 2.89. The lowest BCUT2D eigenvalue weighted by Gasteiger charge is -2.06. The van der Waals surface area contributed by atoms with Crippen LogP contribution in [0.4, 0.5) is 8.78 Å². The highest BCUT2D eigenvalue weighted by Gasteiger charge is 2.21. The van der Waals surface area contributed by atoms with Crippen LogP contribution in [-0.2, 0) is 12.4 Å². The van der Waals surface area contributed by atoms with E-state index >= 15 is 0 Å². The molecule has 1 aromatic carbocycles. The van der Waals surface area contributed by atoms with Gasteiger partial charge in [-0.15, -0.1) is 16.7 Å². The van der Waals surface area contributed by atoms with Crippen molar-refractivity contribution >= 4 is 23.2 Å². The van der Waals surface area contributed by atoms with Crippen LogP contribution in [0.5, 0.6) is 0 Å². The van der Waals surface area contributed by atoms with Gasteiger partial charge in [0.2, 0.25) is 0 Å². The lowest BCUT2D eigenvalue weighted by atomic mass is 10.2. The predicted molar refractivity (Wildman–Crippen MR) is 65.1 cm³/mol. The minimum atomic E-state index is -2.66. The van der Waals surface area contributed by atoms with Crippen molar-refractivity contribution in [3.05, 3.63) is 46.2 Å². The van der Waals surface area contributed by atoms with Crippen molar-refractivity contribution in [3.63, 3.8) is 0 Å². The maximum atomic E-state index is 12.9. The first-order valence-corrected chi connectivity index (χ1v) is 6.04. The lowest BCUT2D eigenvalue weighted by molar-refractivity contribution is 0.139. The average Bonchev–Trinajstić information content (AvgIpc) is 2.72. The third-order valence-electron chi connectivity index (χ3n) is 2.40. The van der Waals surface area contributed by atoms with Gasteiger partial charge in [-0.2, -0.15) is 0 Å². The smallest absolute Gasteiger partial charge is 0.239 e. The molecule has 96 valence electrons. The van der Waals surface area contributed by atoms with Crippen molar-refractivity contribution in [1.82, 2.24) is 15.0 Å². The van der Waals surface area contributed by atoms with E-state index in [1.165, 1.54) is 0 Å². The first kappa shape index (κ1) is 13.2. The molecule has 2 aromatic rings. The Labute approximate surface area is 112 Å². The highest BCUT2D eigenvalue weighted by molar-refractivity contribution is 6.30. The van der Waals surface area contributed by atoms with Gasteiger partial charge < -0.3 is 0 Å². The van der Waals surface area contributed by atoms with Gasteiger partial charge >= 0.3 is 0 Å². The molecule has 0 bridgehead atoms. The summed E-state index contributed by atoms with van der Waals surface area (Å²) in [5.74, 6) is -0.0881. The molecule has 0 fully saturated rings. The fourth-order valence-electron chi connectivity index (χ4n) is 1.62. The molecule has 1 heterocycles. The molecule has 0 saturated carbocycles. The summed E-state index contributed by atoms with van der Waals surface area (Å²) in [5, 5.41) is 7.88. The van der Waals surface area contributed by atoms with Gasteiger partial charge in [0.1, 0.15) is 11.4 Å². The van der Waals surface area contributed by atoms with Gasteiger partial charge in [-0.1, -0.05) is 28.9 Å². The summed E-state index contributed by atoms with van der Waals surface area (Å²) in [6.07, 6.45) is -2.66. The van der Waals surface area contributed by atoms with Crippen LogP contribution in [0.3, 0.4) is 0 Å². The maximum Gasteiger partial charge on any atom is 0.281 e. The molecule has 0 N–H and O–H groups in total. The van der Waals surface area contributed by atoms with Crippen LogP contribution in [0.15, 0.2) is 24.3 Å². The van der Waals surface area contributed by atoms with Gasteiger partial charge in [0, 0.05) is 5.02 Å². The zero-order valence-electron chi connectivity index (χ0n) is 9.15. The highest BCUT2D eigenvalue weighted by Crippen LogP contribution is 2.23. The Morgan fingerprint density at radius 2 is 2.11 bits per heavy atom. The van der Waals surface area contributed by atoms with E-state index in [9.17, 15) is 8.78 Å². The molecule has 18 heavy (non-hydrogen) atoms. The van der Waals surface area contributed by atoms with Crippen molar-refractivity contribution in [2.24, 2.45) is 0 Å². The second kappa shape index (κ2) is 5.63. The number of hydrogen-bond donors (Lipinski definition) is 0. The van der Waals surface area contributed by atoms with Crippen LogP contribution in [0.25, 0.3) is 0 Å². The Hall–Kier alpha value is -1.20. The SMILES string of the molecule is FC(F)c1c(CCl)nnn1Cc1cccc(Cl)c1. The van der Waals surface area contributed by atoms with E-state index in [0.29, 0.717) is 5.02 Å². The number of nitrogens with zero attached hydrogens (tertiary/aromatic N) is 3. The minimum absolute atomic E-state index is 0.0881. The Kier molecular flexibility index (Phi) is 4.14. The predicted octanol–water partition coefficient (Wildman–Crippen LogP) is 3.66. The van der Waals surface area contributed by atoms with Crippen molar-refractivity contribution in [2.75, 3.05) is 0 Å². The van der Waals surface area contributed by atoms with E-state index in [2.05, 4.69) is 10.3 Å². The second-order valence-electron chi connectivity index (χ2n) is 3.64. The van der Waals surface area contributed by atoms with Gasteiger partial charge in [-0.3, -0.25) is 0 Å². The molecule has 0 unspecified atom stereocenters. The highest BCUT2D eigenvalue weighted by atomic mass is 35.5. The van der Waals surface area contributed by atoms with Crippen LogP contribution in [0, 0.1) is 0 Å². The lowest BCUT2D eigenvalue weighted by Crippen LogP contribution is -2.07. The summed E-state index contributed by atoms with van der Waals surface area (Å²) >= 11 is 11.4. The van der Waals surface area contributed by atoms with E-state index in [1.54, 1.807) is 24.3 Å². The molecule has 0 aliphatic carbocycles. The number of hydrogen-bond acceptors (Lipinski definition) is 2. The van der Waals surface area contributed by atoms with Crippen LogP contribution < -0.4 is 0 Å². The van der Waals surface area contributed by atoms with Crippen LogP contribution in [0.2, 0.25) is 5.02 Å². The molecule has 7 heteroatoms. The number of benzene rings is 1. The van der Waals surface area contributed by atoms with Crippen molar-refractivity contribution < 1.29 is 8.78 Å². The minimum Gasteiger partial charge on any atom is -0.239 e. The topological polar surface area (TPSA) is 30.7 Å². The summed E-state index contributed by atoms with van der Waals surface area (Å²) in [6.45, 7) is 0.185. The quantitative estimate of drug-likeness (QED) is 0.805.